The molecule has 1 unspecified atom stereocenters. The molecule has 0 radical (unpaired) electrons. The summed E-state index contributed by atoms with van der Waals surface area (Å²) >= 11 is 3.39. The number of aromatic nitrogens is 1. The highest BCUT2D eigenvalue weighted by molar-refractivity contribution is 9.10. The first-order chi connectivity index (χ1) is 9.65. The predicted octanol–water partition coefficient (Wildman–Crippen LogP) is 4.21. The number of nitrogens with one attached hydrogen (secondary N) is 1. The highest BCUT2D eigenvalue weighted by Gasteiger charge is 2.24. The smallest absolute Gasteiger partial charge is 0.131 e. The van der Waals surface area contributed by atoms with Crippen molar-refractivity contribution in [2.45, 2.75) is 19.4 Å². The molecule has 1 aromatic heterocycles. The van der Waals surface area contributed by atoms with E-state index in [1.165, 1.54) is 18.2 Å². The van der Waals surface area contributed by atoms with E-state index in [-0.39, 0.29) is 5.56 Å². The van der Waals surface area contributed by atoms with Crippen LogP contribution >= 0.6 is 15.9 Å². The molecule has 2 rings (SSSR count). The zero-order valence-electron chi connectivity index (χ0n) is 11.0. The summed E-state index contributed by atoms with van der Waals surface area (Å²) in [4.78, 5) is 4.25. The van der Waals surface area contributed by atoms with E-state index in [0.717, 1.165) is 10.9 Å². The van der Waals surface area contributed by atoms with Crippen molar-refractivity contribution in [3.8, 4) is 0 Å². The van der Waals surface area contributed by atoms with Crippen LogP contribution in [0.1, 0.15) is 30.6 Å². The molecule has 2 aromatic rings. The Kier molecular flexibility index (Phi) is 5.20. The SMILES string of the molecule is CCCNC(c1ncccc1Br)c1c(F)cccc1F. The Morgan fingerprint density at radius 2 is 1.90 bits per heavy atom. The maximum Gasteiger partial charge on any atom is 0.131 e. The highest BCUT2D eigenvalue weighted by atomic mass is 79.9. The lowest BCUT2D eigenvalue weighted by molar-refractivity contribution is 0.496. The topological polar surface area (TPSA) is 24.9 Å². The van der Waals surface area contributed by atoms with Gasteiger partial charge in [-0.15, -0.1) is 0 Å². The van der Waals surface area contributed by atoms with Crippen molar-refractivity contribution in [2.24, 2.45) is 0 Å². The molecule has 1 aromatic carbocycles. The lowest BCUT2D eigenvalue weighted by atomic mass is 10.0. The molecule has 0 amide bonds. The second-order valence-electron chi connectivity index (χ2n) is 4.39. The number of hydrogen-bond donors (Lipinski definition) is 1. The molecule has 0 aliphatic rings. The minimum absolute atomic E-state index is 0.000324. The minimum atomic E-state index is -0.619. The van der Waals surface area contributed by atoms with Crippen molar-refractivity contribution in [3.63, 3.8) is 0 Å². The molecule has 0 spiro atoms. The number of nitrogens with zero attached hydrogens (tertiary/aromatic N) is 1. The Morgan fingerprint density at radius 1 is 1.20 bits per heavy atom. The molecule has 1 atom stereocenters. The molecule has 0 fully saturated rings. The molecule has 0 saturated heterocycles. The summed E-state index contributed by atoms with van der Waals surface area (Å²) in [5.41, 5.74) is 0.574. The maximum atomic E-state index is 14.0. The number of halogens is 3. The largest absolute Gasteiger partial charge is 0.305 e. The highest BCUT2D eigenvalue weighted by Crippen LogP contribution is 2.30. The third-order valence-corrected chi connectivity index (χ3v) is 3.62. The zero-order valence-corrected chi connectivity index (χ0v) is 12.6. The number of benzene rings is 1. The second kappa shape index (κ2) is 6.90. The maximum absolute atomic E-state index is 14.0. The summed E-state index contributed by atoms with van der Waals surface area (Å²) < 4.78 is 28.8. The van der Waals surface area contributed by atoms with Gasteiger partial charge in [-0.3, -0.25) is 4.98 Å². The Labute approximate surface area is 125 Å². The summed E-state index contributed by atoms with van der Waals surface area (Å²) in [7, 11) is 0. The molecule has 0 bridgehead atoms. The van der Waals surface area contributed by atoms with E-state index in [1.807, 2.05) is 13.0 Å². The fourth-order valence-corrected chi connectivity index (χ4v) is 2.50. The molecule has 106 valence electrons. The van der Waals surface area contributed by atoms with Crippen molar-refractivity contribution in [1.82, 2.24) is 10.3 Å². The Hall–Kier alpha value is -1.33. The molecule has 0 saturated carbocycles. The van der Waals surface area contributed by atoms with E-state index in [0.29, 0.717) is 12.2 Å². The molecule has 1 heterocycles. The van der Waals surface area contributed by atoms with Gasteiger partial charge in [0.05, 0.1) is 11.7 Å². The quantitative estimate of drug-likeness (QED) is 0.881. The van der Waals surface area contributed by atoms with Gasteiger partial charge in [0.1, 0.15) is 11.6 Å². The van der Waals surface area contributed by atoms with Gasteiger partial charge < -0.3 is 5.32 Å². The fraction of sp³-hybridized carbons (Fsp3) is 0.267. The Bertz CT molecular complexity index is 570. The van der Waals surface area contributed by atoms with E-state index < -0.39 is 17.7 Å². The first kappa shape index (κ1) is 15.1. The van der Waals surface area contributed by atoms with Crippen molar-refractivity contribution < 1.29 is 8.78 Å². The lowest BCUT2D eigenvalue weighted by Gasteiger charge is -2.20. The van der Waals surface area contributed by atoms with E-state index in [9.17, 15) is 8.78 Å². The number of hydrogen-bond acceptors (Lipinski definition) is 2. The van der Waals surface area contributed by atoms with Crippen LogP contribution in [0, 0.1) is 11.6 Å². The van der Waals surface area contributed by atoms with Gasteiger partial charge in [-0.1, -0.05) is 13.0 Å². The molecule has 0 aliphatic heterocycles. The minimum Gasteiger partial charge on any atom is -0.305 e. The van der Waals surface area contributed by atoms with E-state index in [2.05, 4.69) is 26.2 Å². The van der Waals surface area contributed by atoms with Gasteiger partial charge in [0.15, 0.2) is 0 Å². The van der Waals surface area contributed by atoms with Crippen LogP contribution in [0.4, 0.5) is 8.78 Å². The van der Waals surface area contributed by atoms with Crippen LogP contribution in [0.3, 0.4) is 0 Å². The molecule has 5 heteroatoms. The summed E-state index contributed by atoms with van der Waals surface area (Å²) in [6, 6.07) is 6.83. The molecule has 0 aliphatic carbocycles. The normalized spacial score (nSPS) is 12.4. The van der Waals surface area contributed by atoms with Crippen molar-refractivity contribution in [1.29, 1.82) is 0 Å². The van der Waals surface area contributed by atoms with Crippen LogP contribution in [0.2, 0.25) is 0 Å². The molecule has 2 nitrogen and oxygen atoms in total. The average molecular weight is 341 g/mol. The van der Waals surface area contributed by atoms with Crippen LogP contribution in [0.25, 0.3) is 0 Å². The van der Waals surface area contributed by atoms with Crippen LogP contribution < -0.4 is 5.32 Å². The van der Waals surface area contributed by atoms with Gasteiger partial charge in [0, 0.05) is 16.2 Å². The van der Waals surface area contributed by atoms with E-state index in [1.54, 1.807) is 12.3 Å². The van der Waals surface area contributed by atoms with E-state index in [4.69, 9.17) is 0 Å². The summed E-state index contributed by atoms with van der Waals surface area (Å²) in [5.74, 6) is -1.15. The Balaban J connectivity index is 2.50. The standard InChI is InChI=1S/C15H15BrF2N2/c1-2-8-19-15(14-10(16)5-4-9-20-14)13-11(17)6-3-7-12(13)18/h3-7,9,15,19H,2,8H2,1H3. The van der Waals surface area contributed by atoms with Gasteiger partial charge in [0.25, 0.3) is 0 Å². The first-order valence-corrected chi connectivity index (χ1v) is 7.22. The average Bonchev–Trinajstić information content (AvgIpc) is 2.43. The lowest BCUT2D eigenvalue weighted by Crippen LogP contribution is -2.26. The van der Waals surface area contributed by atoms with Crippen molar-refractivity contribution >= 4 is 15.9 Å². The predicted molar refractivity (Wildman–Crippen MR) is 78.4 cm³/mol. The Morgan fingerprint density at radius 3 is 2.50 bits per heavy atom. The van der Waals surface area contributed by atoms with Crippen LogP contribution in [-0.2, 0) is 0 Å². The monoisotopic (exact) mass is 340 g/mol. The fourth-order valence-electron chi connectivity index (χ4n) is 2.02. The number of pyridine rings is 1. The van der Waals surface area contributed by atoms with E-state index >= 15 is 0 Å². The summed E-state index contributed by atoms with van der Waals surface area (Å²) in [6.45, 7) is 2.64. The van der Waals surface area contributed by atoms with Gasteiger partial charge >= 0.3 is 0 Å². The third-order valence-electron chi connectivity index (χ3n) is 2.95. The van der Waals surface area contributed by atoms with Gasteiger partial charge in [-0.25, -0.2) is 8.78 Å². The zero-order chi connectivity index (χ0) is 14.5. The molecular formula is C15H15BrF2N2. The summed E-state index contributed by atoms with van der Waals surface area (Å²) in [6.07, 6.45) is 2.47. The second-order valence-corrected chi connectivity index (χ2v) is 5.25. The van der Waals surface area contributed by atoms with Gasteiger partial charge in [0.2, 0.25) is 0 Å². The van der Waals surface area contributed by atoms with Gasteiger partial charge in [-0.05, 0) is 53.2 Å². The van der Waals surface area contributed by atoms with Crippen molar-refractivity contribution in [2.75, 3.05) is 6.54 Å². The van der Waals surface area contributed by atoms with Crippen LogP contribution in [0.5, 0.6) is 0 Å². The summed E-state index contributed by atoms with van der Waals surface area (Å²) in [5, 5.41) is 3.15. The van der Waals surface area contributed by atoms with Crippen molar-refractivity contribution in [3.05, 3.63) is 63.9 Å². The molecule has 1 N–H and O–H groups in total. The molecule has 20 heavy (non-hydrogen) atoms. The first-order valence-electron chi connectivity index (χ1n) is 6.42. The third kappa shape index (κ3) is 3.22. The van der Waals surface area contributed by atoms with Gasteiger partial charge in [-0.2, -0.15) is 0 Å². The van der Waals surface area contributed by atoms with Crippen LogP contribution in [-0.4, -0.2) is 11.5 Å². The number of rotatable bonds is 5. The molecular weight excluding hydrogens is 326 g/mol. The van der Waals surface area contributed by atoms with Crippen LogP contribution in [0.15, 0.2) is 41.0 Å².